The van der Waals surface area contributed by atoms with E-state index in [4.69, 9.17) is 11.2 Å². The maximum Gasteiger partial charge on any atom is 0.0620 e. The molecule has 1 aliphatic heterocycles. The first-order chi connectivity index (χ1) is 4.84. The van der Waals surface area contributed by atoms with Gasteiger partial charge in [-0.15, -0.1) is 6.42 Å². The van der Waals surface area contributed by atoms with E-state index in [1.165, 1.54) is 0 Å². The standard InChI is InChI=1S/C8H13NO/c1-3-4-9-5-6-10-7-8(9)2/h1,8H,4-7H2,2H3/t8-/m0/s1. The fraction of sp³-hybridized carbons (Fsp3) is 0.750. The van der Waals surface area contributed by atoms with Gasteiger partial charge in [0.15, 0.2) is 0 Å². The summed E-state index contributed by atoms with van der Waals surface area (Å²) in [6.45, 7) is 5.51. The fourth-order valence-electron chi connectivity index (χ4n) is 1.11. The van der Waals surface area contributed by atoms with E-state index >= 15 is 0 Å². The monoisotopic (exact) mass is 139 g/mol. The summed E-state index contributed by atoms with van der Waals surface area (Å²) in [6, 6.07) is 0.491. The highest BCUT2D eigenvalue weighted by atomic mass is 16.5. The maximum absolute atomic E-state index is 5.25. The van der Waals surface area contributed by atoms with E-state index in [1.54, 1.807) is 0 Å². The summed E-state index contributed by atoms with van der Waals surface area (Å²) >= 11 is 0. The smallest absolute Gasteiger partial charge is 0.0620 e. The summed E-state index contributed by atoms with van der Waals surface area (Å²) in [6.07, 6.45) is 5.19. The first-order valence-corrected chi connectivity index (χ1v) is 3.60. The van der Waals surface area contributed by atoms with E-state index in [0.717, 1.165) is 26.3 Å². The third-order valence-electron chi connectivity index (χ3n) is 1.80. The van der Waals surface area contributed by atoms with E-state index in [9.17, 15) is 0 Å². The fourth-order valence-corrected chi connectivity index (χ4v) is 1.11. The van der Waals surface area contributed by atoms with Crippen LogP contribution in [0.5, 0.6) is 0 Å². The second-order valence-corrected chi connectivity index (χ2v) is 2.60. The lowest BCUT2D eigenvalue weighted by Gasteiger charge is -2.31. The Labute approximate surface area is 62.2 Å². The third-order valence-corrected chi connectivity index (χ3v) is 1.80. The molecule has 0 aromatic rings. The highest BCUT2D eigenvalue weighted by Crippen LogP contribution is 2.03. The van der Waals surface area contributed by atoms with Gasteiger partial charge in [0, 0.05) is 12.6 Å². The van der Waals surface area contributed by atoms with Gasteiger partial charge < -0.3 is 4.74 Å². The van der Waals surface area contributed by atoms with Gasteiger partial charge in [-0.1, -0.05) is 5.92 Å². The Morgan fingerprint density at radius 3 is 3.20 bits per heavy atom. The second-order valence-electron chi connectivity index (χ2n) is 2.60. The Balaban J connectivity index is 2.34. The van der Waals surface area contributed by atoms with Gasteiger partial charge in [0.05, 0.1) is 19.8 Å². The van der Waals surface area contributed by atoms with Gasteiger partial charge in [-0.05, 0) is 6.92 Å². The Morgan fingerprint density at radius 1 is 1.80 bits per heavy atom. The summed E-state index contributed by atoms with van der Waals surface area (Å²) in [5.74, 6) is 2.64. The lowest BCUT2D eigenvalue weighted by molar-refractivity contribution is 0.00656. The Morgan fingerprint density at radius 2 is 2.60 bits per heavy atom. The van der Waals surface area contributed by atoms with Crippen molar-refractivity contribution in [3.05, 3.63) is 0 Å². The van der Waals surface area contributed by atoms with E-state index in [-0.39, 0.29) is 0 Å². The van der Waals surface area contributed by atoms with E-state index in [1.807, 2.05) is 0 Å². The van der Waals surface area contributed by atoms with Crippen LogP contribution in [0.4, 0.5) is 0 Å². The number of nitrogens with zero attached hydrogens (tertiary/aromatic N) is 1. The molecular formula is C8H13NO. The molecule has 1 aliphatic rings. The molecule has 0 radical (unpaired) electrons. The Hall–Kier alpha value is -0.520. The predicted molar refractivity (Wildman–Crippen MR) is 40.7 cm³/mol. The van der Waals surface area contributed by atoms with Crippen molar-refractivity contribution in [2.24, 2.45) is 0 Å². The van der Waals surface area contributed by atoms with Crippen molar-refractivity contribution < 1.29 is 4.74 Å². The molecule has 0 aromatic carbocycles. The van der Waals surface area contributed by atoms with Crippen molar-refractivity contribution in [1.82, 2.24) is 4.90 Å². The quantitative estimate of drug-likeness (QED) is 0.486. The van der Waals surface area contributed by atoms with Gasteiger partial charge in [0.1, 0.15) is 0 Å². The molecule has 56 valence electrons. The Kier molecular flexibility index (Phi) is 2.73. The van der Waals surface area contributed by atoms with Crippen molar-refractivity contribution in [2.45, 2.75) is 13.0 Å². The van der Waals surface area contributed by atoms with Crippen molar-refractivity contribution in [2.75, 3.05) is 26.3 Å². The van der Waals surface area contributed by atoms with Crippen LogP contribution in [0.2, 0.25) is 0 Å². The zero-order valence-electron chi connectivity index (χ0n) is 6.34. The molecule has 0 aliphatic carbocycles. The summed E-state index contributed by atoms with van der Waals surface area (Å²) in [5.41, 5.74) is 0. The largest absolute Gasteiger partial charge is 0.379 e. The van der Waals surface area contributed by atoms with Crippen LogP contribution < -0.4 is 0 Å². The average Bonchev–Trinajstić information content (AvgIpc) is 1.94. The number of ether oxygens (including phenoxy) is 1. The lowest BCUT2D eigenvalue weighted by Crippen LogP contribution is -2.43. The first kappa shape index (κ1) is 7.59. The molecule has 1 rings (SSSR count). The van der Waals surface area contributed by atoms with Crippen LogP contribution in [0, 0.1) is 12.3 Å². The van der Waals surface area contributed by atoms with Gasteiger partial charge in [-0.3, -0.25) is 4.90 Å². The molecule has 0 N–H and O–H groups in total. The number of hydrogen-bond acceptors (Lipinski definition) is 2. The molecule has 0 spiro atoms. The van der Waals surface area contributed by atoms with Crippen LogP contribution in [0.15, 0.2) is 0 Å². The number of morpholine rings is 1. The van der Waals surface area contributed by atoms with Crippen LogP contribution in [-0.2, 0) is 4.74 Å². The van der Waals surface area contributed by atoms with Gasteiger partial charge >= 0.3 is 0 Å². The molecule has 0 aromatic heterocycles. The topological polar surface area (TPSA) is 12.5 Å². The SMILES string of the molecule is C#CCN1CCOC[C@@H]1C. The number of rotatable bonds is 1. The van der Waals surface area contributed by atoms with Crippen molar-refractivity contribution in [3.63, 3.8) is 0 Å². The minimum atomic E-state index is 0.491. The Bertz CT molecular complexity index is 139. The zero-order valence-corrected chi connectivity index (χ0v) is 6.34. The van der Waals surface area contributed by atoms with Gasteiger partial charge in [-0.2, -0.15) is 0 Å². The number of hydrogen-bond donors (Lipinski definition) is 0. The molecule has 1 heterocycles. The van der Waals surface area contributed by atoms with Crippen molar-refractivity contribution in [1.29, 1.82) is 0 Å². The summed E-state index contributed by atoms with van der Waals surface area (Å²) < 4.78 is 5.25. The van der Waals surface area contributed by atoms with Gasteiger partial charge in [0.25, 0.3) is 0 Å². The molecule has 0 amide bonds. The van der Waals surface area contributed by atoms with Crippen LogP contribution in [0.1, 0.15) is 6.92 Å². The van der Waals surface area contributed by atoms with E-state index in [2.05, 4.69) is 17.7 Å². The lowest BCUT2D eigenvalue weighted by atomic mass is 10.2. The molecule has 0 saturated carbocycles. The molecule has 0 unspecified atom stereocenters. The zero-order chi connectivity index (χ0) is 7.40. The minimum absolute atomic E-state index is 0.491. The summed E-state index contributed by atoms with van der Waals surface area (Å²) in [5, 5.41) is 0. The normalized spacial score (nSPS) is 27.8. The van der Waals surface area contributed by atoms with Crippen LogP contribution in [-0.4, -0.2) is 37.2 Å². The molecule has 2 heteroatoms. The van der Waals surface area contributed by atoms with Gasteiger partial charge in [0.2, 0.25) is 0 Å². The highest BCUT2D eigenvalue weighted by molar-refractivity contribution is 4.90. The highest BCUT2D eigenvalue weighted by Gasteiger charge is 2.16. The molecule has 2 nitrogen and oxygen atoms in total. The third kappa shape index (κ3) is 1.73. The van der Waals surface area contributed by atoms with Crippen molar-refractivity contribution >= 4 is 0 Å². The summed E-state index contributed by atoms with van der Waals surface area (Å²) in [4.78, 5) is 2.25. The average molecular weight is 139 g/mol. The predicted octanol–water partition coefficient (Wildman–Crippen LogP) is 0.340. The number of terminal acetylenes is 1. The van der Waals surface area contributed by atoms with E-state index < -0.39 is 0 Å². The first-order valence-electron chi connectivity index (χ1n) is 3.60. The van der Waals surface area contributed by atoms with Crippen molar-refractivity contribution in [3.8, 4) is 12.3 Å². The van der Waals surface area contributed by atoms with E-state index in [0.29, 0.717) is 6.04 Å². The molecule has 10 heavy (non-hydrogen) atoms. The molecule has 1 fully saturated rings. The van der Waals surface area contributed by atoms with Gasteiger partial charge in [-0.25, -0.2) is 0 Å². The summed E-state index contributed by atoms with van der Waals surface area (Å²) in [7, 11) is 0. The molecule has 0 bridgehead atoms. The van der Waals surface area contributed by atoms with Crippen LogP contribution >= 0.6 is 0 Å². The van der Waals surface area contributed by atoms with Crippen LogP contribution in [0.25, 0.3) is 0 Å². The molecule has 1 atom stereocenters. The van der Waals surface area contributed by atoms with Crippen LogP contribution in [0.3, 0.4) is 0 Å². The molecular weight excluding hydrogens is 126 g/mol. The minimum Gasteiger partial charge on any atom is -0.379 e. The molecule has 1 saturated heterocycles. The second kappa shape index (κ2) is 3.60. The maximum atomic E-state index is 5.25.